The van der Waals surface area contributed by atoms with E-state index in [0.29, 0.717) is 64.0 Å². The van der Waals surface area contributed by atoms with Gasteiger partial charge in [0.1, 0.15) is 0 Å². The minimum Gasteiger partial charge on any atom is -0.399 e. The summed E-state index contributed by atoms with van der Waals surface area (Å²) in [6.45, 7) is 6.53. The number of ketones is 2. The lowest BCUT2D eigenvalue weighted by Gasteiger charge is -2.25. The first kappa shape index (κ1) is 25.6. The Bertz CT molecular complexity index is 892. The highest BCUT2D eigenvalue weighted by Gasteiger charge is 2.17. The summed E-state index contributed by atoms with van der Waals surface area (Å²) in [4.78, 5) is 24.6. The lowest BCUT2D eigenvalue weighted by atomic mass is 9.95. The third-order valence-electron chi connectivity index (χ3n) is 5.23. The molecule has 4 rings (SSSR count). The zero-order chi connectivity index (χ0) is 24.0. The summed E-state index contributed by atoms with van der Waals surface area (Å²) < 4.78 is 22.1. The van der Waals surface area contributed by atoms with Gasteiger partial charge in [-0.15, -0.1) is 0 Å². The third kappa shape index (κ3) is 8.39. The van der Waals surface area contributed by atoms with Crippen molar-refractivity contribution >= 4 is 22.9 Å². The molecule has 8 heteroatoms. The molecule has 1 aliphatic carbocycles. The van der Waals surface area contributed by atoms with E-state index in [-0.39, 0.29) is 11.6 Å². The number of carbonyl (C=O) groups is 2. The molecule has 0 radical (unpaired) electrons. The molecular formula is C26H32N2O6. The van der Waals surface area contributed by atoms with Crippen LogP contribution in [0.4, 0.5) is 11.4 Å². The predicted molar refractivity (Wildman–Crippen MR) is 131 cm³/mol. The number of fused-ring (bicyclic) bond motifs is 1. The zero-order valence-corrected chi connectivity index (χ0v) is 19.3. The third-order valence-corrected chi connectivity index (χ3v) is 5.23. The van der Waals surface area contributed by atoms with Gasteiger partial charge in [0.05, 0.1) is 52.9 Å². The van der Waals surface area contributed by atoms with Crippen molar-refractivity contribution in [2.24, 2.45) is 0 Å². The van der Waals surface area contributed by atoms with Crippen LogP contribution in [0.25, 0.3) is 0 Å². The Kier molecular flexibility index (Phi) is 10.7. The van der Waals surface area contributed by atoms with Gasteiger partial charge in [-0.25, -0.2) is 0 Å². The van der Waals surface area contributed by atoms with Gasteiger partial charge in [0.2, 0.25) is 0 Å². The number of rotatable bonds is 1. The number of allylic oxidation sites excluding steroid dienone is 2. The van der Waals surface area contributed by atoms with Gasteiger partial charge < -0.3 is 29.6 Å². The summed E-state index contributed by atoms with van der Waals surface area (Å²) >= 11 is 0. The largest absolute Gasteiger partial charge is 0.399 e. The molecular weight excluding hydrogens is 436 g/mol. The summed E-state index contributed by atoms with van der Waals surface area (Å²) in [5.74, 6) is -0.185. The van der Waals surface area contributed by atoms with Crippen LogP contribution in [0.2, 0.25) is 0 Å². The maximum absolute atomic E-state index is 11.2. The monoisotopic (exact) mass is 468 g/mol. The summed E-state index contributed by atoms with van der Waals surface area (Å²) in [5, 5.41) is 0. The summed E-state index contributed by atoms with van der Waals surface area (Å²) in [6.07, 6.45) is 2.62. The molecule has 1 heterocycles. The number of nitrogens with two attached hydrogens (primary N) is 1. The molecule has 0 atom stereocenters. The highest BCUT2D eigenvalue weighted by Crippen LogP contribution is 2.16. The highest BCUT2D eigenvalue weighted by molar-refractivity contribution is 6.21. The van der Waals surface area contributed by atoms with E-state index >= 15 is 0 Å². The van der Waals surface area contributed by atoms with Crippen LogP contribution >= 0.6 is 0 Å². The van der Waals surface area contributed by atoms with Crippen molar-refractivity contribution in [2.45, 2.75) is 0 Å². The smallest absolute Gasteiger partial charge is 0.186 e. The van der Waals surface area contributed by atoms with Crippen LogP contribution in [0.1, 0.15) is 20.7 Å². The molecule has 1 saturated heterocycles. The Hall–Kier alpha value is -3.04. The SMILES string of the molecule is Nc1ccc(N2CCOCCOCCOCCOCC2)cc1.O=C1C=CC(=O)c2ccccc21. The van der Waals surface area contributed by atoms with Crippen LogP contribution in [0.5, 0.6) is 0 Å². The molecule has 8 nitrogen and oxygen atoms in total. The van der Waals surface area contributed by atoms with Crippen LogP contribution in [-0.2, 0) is 18.9 Å². The molecule has 2 N–H and O–H groups in total. The highest BCUT2D eigenvalue weighted by atomic mass is 16.6. The topological polar surface area (TPSA) is 100 Å². The fraction of sp³-hybridized carbons (Fsp3) is 0.385. The quantitative estimate of drug-likeness (QED) is 0.638. The fourth-order valence-corrected chi connectivity index (χ4v) is 3.41. The molecule has 0 spiro atoms. The van der Waals surface area contributed by atoms with Crippen molar-refractivity contribution in [3.8, 4) is 0 Å². The summed E-state index contributed by atoms with van der Waals surface area (Å²) in [5.41, 5.74) is 8.65. The number of ether oxygens (including phenoxy) is 4. The molecule has 0 bridgehead atoms. The van der Waals surface area contributed by atoms with E-state index in [1.54, 1.807) is 24.3 Å². The minimum absolute atomic E-state index is 0.0924. The lowest BCUT2D eigenvalue weighted by Crippen LogP contribution is -2.31. The van der Waals surface area contributed by atoms with Crippen LogP contribution in [-0.4, -0.2) is 77.5 Å². The van der Waals surface area contributed by atoms with E-state index < -0.39 is 0 Å². The first-order valence-electron chi connectivity index (χ1n) is 11.4. The summed E-state index contributed by atoms with van der Waals surface area (Å²) in [6, 6.07) is 14.7. The Morgan fingerprint density at radius 1 is 0.588 bits per heavy atom. The Morgan fingerprint density at radius 2 is 1.00 bits per heavy atom. The van der Waals surface area contributed by atoms with Gasteiger partial charge in [-0.3, -0.25) is 9.59 Å². The van der Waals surface area contributed by atoms with Gasteiger partial charge in [0.15, 0.2) is 11.6 Å². The van der Waals surface area contributed by atoms with E-state index in [1.807, 2.05) is 24.3 Å². The second kappa shape index (κ2) is 14.3. The van der Waals surface area contributed by atoms with Crippen LogP contribution < -0.4 is 10.6 Å². The number of anilines is 2. The van der Waals surface area contributed by atoms with E-state index in [4.69, 9.17) is 24.7 Å². The molecule has 1 aliphatic heterocycles. The second-order valence-corrected chi connectivity index (χ2v) is 7.64. The van der Waals surface area contributed by atoms with Gasteiger partial charge in [0.25, 0.3) is 0 Å². The van der Waals surface area contributed by atoms with Gasteiger partial charge in [0, 0.05) is 35.6 Å². The van der Waals surface area contributed by atoms with E-state index in [9.17, 15) is 9.59 Å². The molecule has 2 aliphatic rings. The average molecular weight is 469 g/mol. The van der Waals surface area contributed by atoms with Crippen molar-refractivity contribution in [3.05, 3.63) is 71.8 Å². The second-order valence-electron chi connectivity index (χ2n) is 7.64. The number of hydrogen-bond donors (Lipinski definition) is 1. The molecule has 182 valence electrons. The lowest BCUT2D eigenvalue weighted by molar-refractivity contribution is 0.00206. The van der Waals surface area contributed by atoms with Crippen molar-refractivity contribution < 1.29 is 28.5 Å². The van der Waals surface area contributed by atoms with Crippen molar-refractivity contribution in [1.29, 1.82) is 0 Å². The molecule has 1 fully saturated rings. The maximum Gasteiger partial charge on any atom is 0.186 e. The van der Waals surface area contributed by atoms with E-state index in [2.05, 4.69) is 4.90 Å². The first-order chi connectivity index (χ1) is 16.6. The van der Waals surface area contributed by atoms with Crippen LogP contribution in [0.3, 0.4) is 0 Å². The van der Waals surface area contributed by atoms with Crippen LogP contribution in [0.15, 0.2) is 60.7 Å². The van der Waals surface area contributed by atoms with Crippen molar-refractivity contribution in [2.75, 3.05) is 76.6 Å². The Balaban J connectivity index is 0.000000226. The van der Waals surface area contributed by atoms with Gasteiger partial charge in [-0.1, -0.05) is 24.3 Å². The minimum atomic E-state index is -0.0924. The molecule has 0 aromatic heterocycles. The van der Waals surface area contributed by atoms with Gasteiger partial charge in [-0.05, 0) is 36.4 Å². The molecule has 2 aromatic carbocycles. The number of hydrogen-bond acceptors (Lipinski definition) is 8. The van der Waals surface area contributed by atoms with Gasteiger partial charge in [-0.2, -0.15) is 0 Å². The first-order valence-corrected chi connectivity index (χ1v) is 11.4. The van der Waals surface area contributed by atoms with Gasteiger partial charge >= 0.3 is 0 Å². The fourth-order valence-electron chi connectivity index (χ4n) is 3.41. The molecule has 0 saturated carbocycles. The van der Waals surface area contributed by atoms with Crippen molar-refractivity contribution in [3.63, 3.8) is 0 Å². The standard InChI is InChI=1S/C16H26N2O4.C10H6O2/c17-15-1-3-16(4-2-15)18-5-7-19-9-11-21-13-14-22-12-10-20-8-6-18;11-9-5-6-10(12)8-4-2-1-3-7(8)9/h1-4H,5-14,17H2;1-6H. The van der Waals surface area contributed by atoms with Crippen molar-refractivity contribution in [1.82, 2.24) is 0 Å². The molecule has 2 aromatic rings. The molecule has 0 amide bonds. The van der Waals surface area contributed by atoms with Crippen LogP contribution in [0, 0.1) is 0 Å². The summed E-state index contributed by atoms with van der Waals surface area (Å²) in [7, 11) is 0. The number of nitrogen functional groups attached to an aromatic ring is 1. The Morgan fingerprint density at radius 3 is 1.44 bits per heavy atom. The number of nitrogens with zero attached hydrogens (tertiary/aromatic N) is 1. The Labute approximate surface area is 200 Å². The van der Waals surface area contributed by atoms with E-state index in [0.717, 1.165) is 24.5 Å². The normalized spacial score (nSPS) is 18.2. The van der Waals surface area contributed by atoms with E-state index in [1.165, 1.54) is 12.2 Å². The maximum atomic E-state index is 11.2. The number of carbonyl (C=O) groups excluding carboxylic acids is 2. The zero-order valence-electron chi connectivity index (χ0n) is 19.3. The predicted octanol–water partition coefficient (Wildman–Crippen LogP) is 2.78. The molecule has 0 unspecified atom stereocenters. The molecule has 34 heavy (non-hydrogen) atoms. The number of benzene rings is 2. The average Bonchev–Trinajstić information content (AvgIpc) is 2.87.